The average Bonchev–Trinajstić information content (AvgIpc) is 3.32. The monoisotopic (exact) mass is 499 g/mol. The first-order chi connectivity index (χ1) is 18.1. The third-order valence-corrected chi connectivity index (χ3v) is 7.83. The van der Waals surface area contributed by atoms with Gasteiger partial charge in [-0.3, -0.25) is 4.79 Å². The molecule has 2 aromatic carbocycles. The second kappa shape index (κ2) is 10.1. The van der Waals surface area contributed by atoms with Crippen molar-refractivity contribution >= 4 is 33.7 Å². The second-order valence-electron chi connectivity index (χ2n) is 10.2. The number of carbonyl (C=O) groups is 1. The Hall–Kier alpha value is -3.49. The number of aliphatic hydroxyl groups excluding tert-OH is 1. The molecule has 8 nitrogen and oxygen atoms in total. The molecule has 2 fully saturated rings. The number of aliphatic hydroxyl groups is 1. The number of rotatable bonds is 5. The van der Waals surface area contributed by atoms with Gasteiger partial charge in [-0.05, 0) is 48.1 Å². The predicted molar refractivity (Wildman–Crippen MR) is 144 cm³/mol. The van der Waals surface area contributed by atoms with E-state index in [-0.39, 0.29) is 12.5 Å². The first kappa shape index (κ1) is 23.9. The molecular weight excluding hydrogens is 466 g/mol. The number of amides is 1. The topological polar surface area (TPSA) is 106 Å². The molecule has 2 aromatic heterocycles. The zero-order valence-corrected chi connectivity index (χ0v) is 21.0. The maximum absolute atomic E-state index is 13.0. The Morgan fingerprint density at radius 1 is 1.03 bits per heavy atom. The Kier molecular flexibility index (Phi) is 6.52. The minimum atomic E-state index is -0.135. The SMILES string of the molecule is Nc1nc2cc(-c3cccc(C(=O)N4CCOCC4)c3)ccc2c2c1nc(CO)n2CC1CCCCC1. The van der Waals surface area contributed by atoms with Gasteiger partial charge in [-0.1, -0.05) is 43.5 Å². The van der Waals surface area contributed by atoms with Gasteiger partial charge < -0.3 is 25.0 Å². The molecule has 1 amide bonds. The number of nitrogen functional groups attached to an aromatic ring is 1. The van der Waals surface area contributed by atoms with E-state index in [0.717, 1.165) is 34.1 Å². The van der Waals surface area contributed by atoms with Crippen LogP contribution in [0.5, 0.6) is 0 Å². The number of benzene rings is 2. The fourth-order valence-electron chi connectivity index (χ4n) is 5.86. The van der Waals surface area contributed by atoms with E-state index in [4.69, 9.17) is 10.5 Å². The molecule has 0 radical (unpaired) electrons. The van der Waals surface area contributed by atoms with Crippen LogP contribution in [0, 0.1) is 5.92 Å². The Morgan fingerprint density at radius 3 is 2.59 bits per heavy atom. The highest BCUT2D eigenvalue weighted by atomic mass is 16.5. The summed E-state index contributed by atoms with van der Waals surface area (Å²) >= 11 is 0. The normalized spacial score (nSPS) is 17.1. The highest BCUT2D eigenvalue weighted by molar-refractivity contribution is 6.07. The first-order valence-corrected chi connectivity index (χ1v) is 13.3. The molecule has 1 aliphatic heterocycles. The Bertz CT molecular complexity index is 1450. The van der Waals surface area contributed by atoms with E-state index in [1.54, 1.807) is 0 Å². The van der Waals surface area contributed by atoms with Gasteiger partial charge in [-0.25, -0.2) is 9.97 Å². The molecule has 8 heteroatoms. The van der Waals surface area contributed by atoms with Crippen molar-refractivity contribution in [3.05, 3.63) is 53.9 Å². The van der Waals surface area contributed by atoms with Crippen LogP contribution < -0.4 is 5.73 Å². The summed E-state index contributed by atoms with van der Waals surface area (Å²) in [5.74, 6) is 1.61. The zero-order chi connectivity index (χ0) is 25.4. The third-order valence-electron chi connectivity index (χ3n) is 7.83. The summed E-state index contributed by atoms with van der Waals surface area (Å²) in [5.41, 5.74) is 11.4. The van der Waals surface area contributed by atoms with Crippen molar-refractivity contribution in [1.29, 1.82) is 0 Å². The van der Waals surface area contributed by atoms with Crippen LogP contribution in [-0.4, -0.2) is 56.8 Å². The molecule has 3 N–H and O–H groups in total. The number of carbonyl (C=O) groups excluding carboxylic acids is 1. The van der Waals surface area contributed by atoms with E-state index in [2.05, 4.69) is 26.7 Å². The molecule has 3 heterocycles. The van der Waals surface area contributed by atoms with E-state index >= 15 is 0 Å². The van der Waals surface area contributed by atoms with Crippen LogP contribution in [0.1, 0.15) is 48.3 Å². The number of fused-ring (bicyclic) bond motifs is 3. The lowest BCUT2D eigenvalue weighted by Crippen LogP contribution is -2.40. The second-order valence-corrected chi connectivity index (χ2v) is 10.2. The third kappa shape index (κ3) is 4.55. The molecule has 0 unspecified atom stereocenters. The highest BCUT2D eigenvalue weighted by Crippen LogP contribution is 2.34. The number of hydrogen-bond acceptors (Lipinski definition) is 6. The van der Waals surface area contributed by atoms with Crippen LogP contribution in [0.2, 0.25) is 0 Å². The molecule has 0 bridgehead atoms. The summed E-state index contributed by atoms with van der Waals surface area (Å²) in [7, 11) is 0. The van der Waals surface area contributed by atoms with Gasteiger partial charge >= 0.3 is 0 Å². The lowest BCUT2D eigenvalue weighted by molar-refractivity contribution is 0.0303. The summed E-state index contributed by atoms with van der Waals surface area (Å²) in [5, 5.41) is 11.1. The Balaban J connectivity index is 1.40. The maximum Gasteiger partial charge on any atom is 0.254 e. The van der Waals surface area contributed by atoms with Gasteiger partial charge in [0.15, 0.2) is 5.82 Å². The Labute approximate surface area is 216 Å². The van der Waals surface area contributed by atoms with Gasteiger partial charge in [-0.15, -0.1) is 0 Å². The van der Waals surface area contributed by atoms with Gasteiger partial charge in [0, 0.05) is 30.6 Å². The van der Waals surface area contributed by atoms with Crippen LogP contribution in [0.15, 0.2) is 42.5 Å². The lowest BCUT2D eigenvalue weighted by atomic mass is 9.89. The highest BCUT2D eigenvalue weighted by Gasteiger charge is 2.22. The average molecular weight is 500 g/mol. The lowest BCUT2D eigenvalue weighted by Gasteiger charge is -2.27. The molecule has 1 aliphatic carbocycles. The number of nitrogens with zero attached hydrogens (tertiary/aromatic N) is 4. The molecule has 1 saturated heterocycles. The van der Waals surface area contributed by atoms with Gasteiger partial charge in [0.2, 0.25) is 0 Å². The van der Waals surface area contributed by atoms with Crippen molar-refractivity contribution in [2.45, 2.75) is 45.3 Å². The first-order valence-electron chi connectivity index (χ1n) is 13.3. The maximum atomic E-state index is 13.0. The predicted octanol–water partition coefficient (Wildman–Crippen LogP) is 4.38. The molecule has 6 rings (SSSR count). The van der Waals surface area contributed by atoms with E-state index in [9.17, 15) is 9.90 Å². The number of morpholine rings is 1. The van der Waals surface area contributed by atoms with Gasteiger partial charge in [0.25, 0.3) is 5.91 Å². The van der Waals surface area contributed by atoms with Crippen molar-refractivity contribution in [3.8, 4) is 11.1 Å². The van der Waals surface area contributed by atoms with Crippen molar-refractivity contribution in [3.63, 3.8) is 0 Å². The number of aromatic nitrogens is 3. The van der Waals surface area contributed by atoms with E-state index in [0.29, 0.717) is 54.9 Å². The van der Waals surface area contributed by atoms with Crippen molar-refractivity contribution < 1.29 is 14.6 Å². The van der Waals surface area contributed by atoms with Crippen molar-refractivity contribution in [1.82, 2.24) is 19.4 Å². The van der Waals surface area contributed by atoms with Crippen LogP contribution in [-0.2, 0) is 17.9 Å². The van der Waals surface area contributed by atoms with Crippen LogP contribution in [0.25, 0.3) is 33.1 Å². The van der Waals surface area contributed by atoms with E-state index in [1.807, 2.05) is 35.2 Å². The molecule has 192 valence electrons. The summed E-state index contributed by atoms with van der Waals surface area (Å²) in [6.07, 6.45) is 6.22. The molecule has 0 atom stereocenters. The van der Waals surface area contributed by atoms with Crippen molar-refractivity contribution in [2.75, 3.05) is 32.0 Å². The molecule has 0 spiro atoms. The summed E-state index contributed by atoms with van der Waals surface area (Å²) in [4.78, 5) is 24.2. The standard InChI is InChI=1S/C29H33N5O3/c30-28-26-27(34(25(18-35)32-26)17-19-5-2-1-3-6-19)23-10-9-21(16-24(23)31-28)20-7-4-8-22(15-20)29(36)33-11-13-37-14-12-33/h4,7-10,15-16,19,35H,1-3,5-6,11-14,17-18H2,(H2,30,31). The number of pyridine rings is 1. The fraction of sp³-hybridized carbons (Fsp3) is 0.414. The summed E-state index contributed by atoms with van der Waals surface area (Å²) in [6, 6.07) is 13.9. The minimum Gasteiger partial charge on any atom is -0.388 e. The summed E-state index contributed by atoms with van der Waals surface area (Å²) in [6.45, 7) is 3.08. The quantitative estimate of drug-likeness (QED) is 0.422. The number of ether oxygens (including phenoxy) is 1. The summed E-state index contributed by atoms with van der Waals surface area (Å²) < 4.78 is 7.55. The Morgan fingerprint density at radius 2 is 1.81 bits per heavy atom. The molecule has 2 aliphatic rings. The number of hydrogen-bond donors (Lipinski definition) is 2. The van der Waals surface area contributed by atoms with Crippen molar-refractivity contribution in [2.24, 2.45) is 5.92 Å². The zero-order valence-electron chi connectivity index (χ0n) is 21.0. The molecular formula is C29H33N5O3. The largest absolute Gasteiger partial charge is 0.388 e. The molecule has 1 saturated carbocycles. The molecule has 4 aromatic rings. The van der Waals surface area contributed by atoms with Crippen LogP contribution in [0.4, 0.5) is 5.82 Å². The minimum absolute atomic E-state index is 0.0261. The molecule has 37 heavy (non-hydrogen) atoms. The van der Waals surface area contributed by atoms with Gasteiger partial charge in [-0.2, -0.15) is 0 Å². The van der Waals surface area contributed by atoms with Gasteiger partial charge in [0.05, 0.1) is 24.2 Å². The smallest absolute Gasteiger partial charge is 0.254 e. The van der Waals surface area contributed by atoms with Gasteiger partial charge in [0.1, 0.15) is 17.9 Å². The number of anilines is 1. The van der Waals surface area contributed by atoms with Crippen LogP contribution in [0.3, 0.4) is 0 Å². The number of imidazole rings is 1. The van der Waals surface area contributed by atoms with E-state index in [1.165, 1.54) is 32.1 Å². The fourth-order valence-corrected chi connectivity index (χ4v) is 5.86. The number of nitrogens with two attached hydrogens (primary N) is 1. The van der Waals surface area contributed by atoms with E-state index < -0.39 is 0 Å². The van der Waals surface area contributed by atoms with Crippen LogP contribution >= 0.6 is 0 Å².